The van der Waals surface area contributed by atoms with Crippen molar-refractivity contribution in [1.29, 1.82) is 0 Å². The third kappa shape index (κ3) is 3.53. The van der Waals surface area contributed by atoms with Gasteiger partial charge in [-0.15, -0.1) is 0 Å². The molecule has 0 radical (unpaired) electrons. The van der Waals surface area contributed by atoms with E-state index in [-0.39, 0.29) is 18.9 Å². The maximum Gasteiger partial charge on any atom is 0.410 e. The summed E-state index contributed by atoms with van der Waals surface area (Å²) in [4.78, 5) is 36.8. The van der Waals surface area contributed by atoms with Crippen LogP contribution in [0.5, 0.6) is 0 Å². The number of esters is 2. The van der Waals surface area contributed by atoms with Crippen molar-refractivity contribution in [2.75, 3.05) is 27.9 Å². The zero-order valence-electron chi connectivity index (χ0n) is 12.8. The molecular weight excluding hydrogens is 278 g/mol. The first kappa shape index (κ1) is 17.0. The number of hydrogen-bond donors (Lipinski definition) is 0. The van der Waals surface area contributed by atoms with E-state index in [0.29, 0.717) is 0 Å². The van der Waals surface area contributed by atoms with Crippen LogP contribution in [0.4, 0.5) is 4.79 Å². The van der Waals surface area contributed by atoms with Gasteiger partial charge < -0.3 is 14.2 Å². The van der Waals surface area contributed by atoms with E-state index in [1.807, 2.05) is 0 Å². The Morgan fingerprint density at radius 2 is 1.76 bits per heavy atom. The minimum Gasteiger partial charge on any atom is -0.469 e. The fraction of sp³-hybridized carbons (Fsp3) is 0.643. The molecule has 7 nitrogen and oxygen atoms in total. The second-order valence-corrected chi connectivity index (χ2v) is 4.99. The van der Waals surface area contributed by atoms with E-state index in [9.17, 15) is 14.4 Å². The van der Waals surface area contributed by atoms with Gasteiger partial charge in [0.25, 0.3) is 0 Å². The van der Waals surface area contributed by atoms with Crippen molar-refractivity contribution in [3.8, 4) is 0 Å². The number of nitrogens with zero attached hydrogens (tertiary/aromatic N) is 1. The first-order chi connectivity index (χ1) is 9.87. The minimum atomic E-state index is -0.886. The van der Waals surface area contributed by atoms with Gasteiger partial charge >= 0.3 is 18.0 Å². The number of methoxy groups -OCH3 is 3. The minimum absolute atomic E-state index is 0.00128. The lowest BCUT2D eigenvalue weighted by atomic mass is 9.84. The van der Waals surface area contributed by atoms with E-state index in [1.54, 1.807) is 6.92 Å². The maximum atomic E-state index is 12.0. The van der Waals surface area contributed by atoms with Crippen LogP contribution in [0.3, 0.4) is 0 Å². The molecule has 0 unspecified atom stereocenters. The van der Waals surface area contributed by atoms with Crippen LogP contribution in [-0.2, 0) is 23.8 Å². The summed E-state index contributed by atoms with van der Waals surface area (Å²) in [5, 5.41) is 0. The van der Waals surface area contributed by atoms with Crippen molar-refractivity contribution in [2.45, 2.75) is 19.4 Å². The van der Waals surface area contributed by atoms with Gasteiger partial charge in [-0.2, -0.15) is 0 Å². The van der Waals surface area contributed by atoms with Crippen LogP contribution in [0.1, 0.15) is 13.3 Å². The molecule has 0 bridgehead atoms. The lowest BCUT2D eigenvalue weighted by Gasteiger charge is -2.24. The molecule has 0 N–H and O–H groups in total. The molecule has 0 aromatic carbocycles. The molecule has 1 heterocycles. The van der Waals surface area contributed by atoms with E-state index >= 15 is 0 Å². The fourth-order valence-corrected chi connectivity index (χ4v) is 2.69. The third-order valence-electron chi connectivity index (χ3n) is 3.77. The van der Waals surface area contributed by atoms with Gasteiger partial charge in [0, 0.05) is 18.4 Å². The molecule has 1 aliphatic heterocycles. The number of amides is 1. The zero-order valence-corrected chi connectivity index (χ0v) is 12.8. The Morgan fingerprint density at radius 1 is 1.14 bits per heavy atom. The summed E-state index contributed by atoms with van der Waals surface area (Å²) < 4.78 is 14.1. The molecular formula is C14H21NO6. The molecule has 0 aliphatic carbocycles. The Kier molecular flexibility index (Phi) is 5.75. The number of likely N-dealkylation sites (tertiary alicyclic amines) is 1. The molecule has 1 fully saturated rings. The largest absolute Gasteiger partial charge is 0.469 e. The number of carbonyl (C=O) groups excluding carboxylic acids is 3. The van der Waals surface area contributed by atoms with Crippen LogP contribution in [0.25, 0.3) is 0 Å². The van der Waals surface area contributed by atoms with Crippen molar-refractivity contribution in [3.05, 3.63) is 12.2 Å². The average molecular weight is 299 g/mol. The molecule has 1 saturated heterocycles. The monoisotopic (exact) mass is 299 g/mol. The Bertz CT molecular complexity index is 447. The van der Waals surface area contributed by atoms with Crippen LogP contribution < -0.4 is 0 Å². The first-order valence-corrected chi connectivity index (χ1v) is 6.52. The number of ether oxygens (including phenoxy) is 3. The van der Waals surface area contributed by atoms with Crippen molar-refractivity contribution in [1.82, 2.24) is 4.90 Å². The van der Waals surface area contributed by atoms with Crippen LogP contribution >= 0.6 is 0 Å². The molecule has 0 aromatic rings. The third-order valence-corrected chi connectivity index (χ3v) is 3.77. The highest BCUT2D eigenvalue weighted by Gasteiger charge is 2.49. The number of carbonyl (C=O) groups is 3. The van der Waals surface area contributed by atoms with Crippen LogP contribution in [0, 0.1) is 11.8 Å². The number of rotatable bonds is 4. The van der Waals surface area contributed by atoms with Crippen molar-refractivity contribution < 1.29 is 28.6 Å². The highest BCUT2D eigenvalue weighted by molar-refractivity contribution is 5.83. The summed E-state index contributed by atoms with van der Waals surface area (Å²) >= 11 is 0. The molecule has 0 aromatic heterocycles. The Labute approximate surface area is 123 Å². The summed E-state index contributed by atoms with van der Waals surface area (Å²) in [5.74, 6) is -1.68. The highest BCUT2D eigenvalue weighted by Crippen LogP contribution is 2.37. The quantitative estimate of drug-likeness (QED) is 0.437. The lowest BCUT2D eigenvalue weighted by Crippen LogP contribution is -2.44. The molecule has 1 amide bonds. The average Bonchev–Trinajstić information content (AvgIpc) is 2.84. The van der Waals surface area contributed by atoms with Gasteiger partial charge in [-0.05, 0) is 6.92 Å². The Morgan fingerprint density at radius 3 is 2.19 bits per heavy atom. The molecule has 21 heavy (non-hydrogen) atoms. The molecule has 0 saturated carbocycles. The molecule has 7 heteroatoms. The van der Waals surface area contributed by atoms with Crippen LogP contribution in [0.15, 0.2) is 12.2 Å². The summed E-state index contributed by atoms with van der Waals surface area (Å²) in [7, 11) is 3.75. The summed E-state index contributed by atoms with van der Waals surface area (Å²) in [6.07, 6.45) is -0.634. The van der Waals surface area contributed by atoms with Gasteiger partial charge in [0.2, 0.25) is 0 Å². The standard InChI is InChI=1S/C14H21NO6/c1-8(2)10-7-15(14(18)21-5)12(13(17)20-4)9(10)6-11(16)19-3/h9-10,12H,1,6-7H2,2-5H3/t9-,10+,12+/m0/s1. The van der Waals surface area contributed by atoms with Gasteiger partial charge in [-0.25, -0.2) is 9.59 Å². The van der Waals surface area contributed by atoms with Crippen molar-refractivity contribution in [2.24, 2.45) is 11.8 Å². The Hall–Kier alpha value is -2.05. The summed E-state index contributed by atoms with van der Waals surface area (Å²) in [6, 6.07) is -0.886. The summed E-state index contributed by atoms with van der Waals surface area (Å²) in [6.45, 7) is 5.93. The first-order valence-electron chi connectivity index (χ1n) is 6.52. The van der Waals surface area contributed by atoms with Gasteiger partial charge in [0.15, 0.2) is 0 Å². The van der Waals surface area contributed by atoms with Gasteiger partial charge in [-0.1, -0.05) is 12.2 Å². The summed E-state index contributed by atoms with van der Waals surface area (Å²) in [5.41, 5.74) is 0.782. The molecule has 1 rings (SSSR count). The fourth-order valence-electron chi connectivity index (χ4n) is 2.69. The van der Waals surface area contributed by atoms with Crippen LogP contribution in [0.2, 0.25) is 0 Å². The second-order valence-electron chi connectivity index (χ2n) is 4.99. The SMILES string of the molecule is C=C(C)[C@H]1CN(C(=O)OC)[C@@H](C(=O)OC)[C@H]1CC(=O)OC. The van der Waals surface area contributed by atoms with E-state index in [0.717, 1.165) is 5.57 Å². The Balaban J connectivity index is 3.15. The van der Waals surface area contributed by atoms with Crippen molar-refractivity contribution >= 4 is 18.0 Å². The second kappa shape index (κ2) is 7.10. The van der Waals surface area contributed by atoms with E-state index < -0.39 is 30.0 Å². The van der Waals surface area contributed by atoms with E-state index in [2.05, 4.69) is 11.3 Å². The van der Waals surface area contributed by atoms with Gasteiger partial charge in [-0.3, -0.25) is 9.69 Å². The smallest absolute Gasteiger partial charge is 0.410 e. The van der Waals surface area contributed by atoms with Crippen LogP contribution in [-0.4, -0.2) is 56.8 Å². The molecule has 118 valence electrons. The maximum absolute atomic E-state index is 12.0. The highest BCUT2D eigenvalue weighted by atomic mass is 16.5. The van der Waals surface area contributed by atoms with Gasteiger partial charge in [0.1, 0.15) is 6.04 Å². The zero-order chi connectivity index (χ0) is 16.2. The molecule has 1 aliphatic rings. The predicted molar refractivity (Wildman–Crippen MR) is 73.3 cm³/mol. The van der Waals surface area contributed by atoms with Gasteiger partial charge in [0.05, 0.1) is 27.8 Å². The topological polar surface area (TPSA) is 82.1 Å². The predicted octanol–water partition coefficient (Wildman–Crippen LogP) is 0.982. The van der Waals surface area contributed by atoms with Crippen molar-refractivity contribution in [3.63, 3.8) is 0 Å². The number of hydrogen-bond acceptors (Lipinski definition) is 6. The molecule has 0 spiro atoms. The normalized spacial score (nSPS) is 24.4. The van der Waals surface area contributed by atoms with E-state index in [1.165, 1.54) is 26.2 Å². The molecule has 3 atom stereocenters. The van der Waals surface area contributed by atoms with E-state index in [4.69, 9.17) is 9.47 Å². The lowest BCUT2D eigenvalue weighted by molar-refractivity contribution is -0.148.